The molecule has 1 heterocycles. The van der Waals surface area contributed by atoms with Crippen LogP contribution in [0.4, 0.5) is 10.5 Å². The second-order valence-corrected chi connectivity index (χ2v) is 7.46. The van der Waals surface area contributed by atoms with Crippen molar-refractivity contribution in [3.63, 3.8) is 0 Å². The van der Waals surface area contributed by atoms with Crippen LogP contribution in [0, 0.1) is 10.1 Å². The van der Waals surface area contributed by atoms with Crippen LogP contribution in [0.1, 0.15) is 26.3 Å². The van der Waals surface area contributed by atoms with E-state index in [0.717, 1.165) is 0 Å². The molecule has 0 bridgehead atoms. The fourth-order valence-corrected chi connectivity index (χ4v) is 3.00. The first kappa shape index (κ1) is 18.2. The van der Waals surface area contributed by atoms with Gasteiger partial charge in [0.05, 0.1) is 0 Å². The molecule has 130 valence electrons. The summed E-state index contributed by atoms with van der Waals surface area (Å²) in [6.45, 7) is 4.22. The molecule has 0 unspecified atom stereocenters. The predicted molar refractivity (Wildman–Crippen MR) is 90.5 cm³/mol. The molecule has 2 amide bonds. The van der Waals surface area contributed by atoms with Gasteiger partial charge in [-0.3, -0.25) is 20.2 Å². The first-order chi connectivity index (χ1) is 11.0. The van der Waals surface area contributed by atoms with Gasteiger partial charge in [-0.25, -0.2) is 4.79 Å². The maximum Gasteiger partial charge on any atom is 0.408 e. The number of carbonyl (C=O) groups excluding carboxylic acids is 2. The number of ether oxygens (including phenoxy) is 1. The third-order valence-electron chi connectivity index (χ3n) is 3.53. The van der Waals surface area contributed by atoms with E-state index in [9.17, 15) is 19.7 Å². The van der Waals surface area contributed by atoms with E-state index < -0.39 is 34.6 Å². The molecule has 1 aromatic carbocycles. The van der Waals surface area contributed by atoms with Crippen LogP contribution >= 0.6 is 15.9 Å². The molecule has 24 heavy (non-hydrogen) atoms. The van der Waals surface area contributed by atoms with Crippen LogP contribution in [0.3, 0.4) is 0 Å². The summed E-state index contributed by atoms with van der Waals surface area (Å²) in [5.74, 6) is -0.585. The summed E-state index contributed by atoms with van der Waals surface area (Å²) >= 11 is 3.29. The van der Waals surface area contributed by atoms with Gasteiger partial charge in [-0.2, -0.15) is 0 Å². The molecule has 0 aromatic heterocycles. The van der Waals surface area contributed by atoms with Crippen molar-refractivity contribution >= 4 is 33.6 Å². The van der Waals surface area contributed by atoms with E-state index in [0.29, 0.717) is 15.7 Å². The summed E-state index contributed by atoms with van der Waals surface area (Å²) < 4.78 is 5.82. The van der Waals surface area contributed by atoms with Crippen LogP contribution in [-0.2, 0) is 15.1 Å². The first-order valence-electron chi connectivity index (χ1n) is 7.17. The Morgan fingerprint density at radius 2 is 2.08 bits per heavy atom. The largest absolute Gasteiger partial charge is 0.444 e. The molecule has 1 N–H and O–H groups in total. The monoisotopic (exact) mass is 399 g/mol. The van der Waals surface area contributed by atoms with Gasteiger partial charge in [-0.15, -0.1) is 0 Å². The molecular weight excluding hydrogens is 382 g/mol. The van der Waals surface area contributed by atoms with E-state index in [1.807, 2.05) is 0 Å². The van der Waals surface area contributed by atoms with Crippen LogP contribution in [0.5, 0.6) is 0 Å². The number of benzene rings is 1. The Labute approximate surface area is 147 Å². The zero-order chi connectivity index (χ0) is 18.3. The van der Waals surface area contributed by atoms with Gasteiger partial charge < -0.3 is 9.64 Å². The SMILES string of the molecule is CN1C(=O)[C@](C[N+](=O)[O-])(NC(=O)OC(C)(C)C)c2cc(Br)ccc21. The molecule has 1 aromatic rings. The lowest BCUT2D eigenvalue weighted by atomic mass is 9.91. The van der Waals surface area contributed by atoms with Gasteiger partial charge in [-0.05, 0) is 39.0 Å². The Bertz CT molecular complexity index is 716. The minimum Gasteiger partial charge on any atom is -0.444 e. The number of rotatable bonds is 3. The highest BCUT2D eigenvalue weighted by molar-refractivity contribution is 9.10. The average Bonchev–Trinajstić information content (AvgIpc) is 2.58. The zero-order valence-corrected chi connectivity index (χ0v) is 15.3. The van der Waals surface area contributed by atoms with Gasteiger partial charge in [0, 0.05) is 27.7 Å². The molecule has 1 aliphatic rings. The van der Waals surface area contributed by atoms with Crippen LogP contribution in [0.25, 0.3) is 0 Å². The van der Waals surface area contributed by atoms with Crippen molar-refractivity contribution in [3.05, 3.63) is 38.3 Å². The van der Waals surface area contributed by atoms with Gasteiger partial charge in [0.2, 0.25) is 12.1 Å². The molecule has 0 saturated heterocycles. The van der Waals surface area contributed by atoms with E-state index >= 15 is 0 Å². The maximum atomic E-state index is 12.8. The highest BCUT2D eigenvalue weighted by Crippen LogP contribution is 2.41. The summed E-state index contributed by atoms with van der Waals surface area (Å²) in [4.78, 5) is 36.9. The highest BCUT2D eigenvalue weighted by Gasteiger charge is 2.55. The van der Waals surface area contributed by atoms with Crippen molar-refractivity contribution in [1.29, 1.82) is 0 Å². The van der Waals surface area contributed by atoms with E-state index in [-0.39, 0.29) is 0 Å². The smallest absolute Gasteiger partial charge is 0.408 e. The van der Waals surface area contributed by atoms with E-state index in [4.69, 9.17) is 4.74 Å². The van der Waals surface area contributed by atoms with Gasteiger partial charge in [0.15, 0.2) is 0 Å². The quantitative estimate of drug-likeness (QED) is 0.620. The number of hydrogen-bond acceptors (Lipinski definition) is 5. The van der Waals surface area contributed by atoms with Crippen molar-refractivity contribution in [2.45, 2.75) is 31.9 Å². The molecule has 0 fully saturated rings. The summed E-state index contributed by atoms with van der Waals surface area (Å²) in [6.07, 6.45) is -0.890. The highest BCUT2D eigenvalue weighted by atomic mass is 79.9. The predicted octanol–water partition coefficient (Wildman–Crippen LogP) is 2.42. The fourth-order valence-electron chi connectivity index (χ4n) is 2.64. The molecular formula is C15H18BrN3O5. The maximum absolute atomic E-state index is 12.8. The topological polar surface area (TPSA) is 102 Å². The molecule has 0 saturated carbocycles. The number of hydrogen-bond donors (Lipinski definition) is 1. The number of likely N-dealkylation sites (N-methyl/N-ethyl adjacent to an activating group) is 1. The number of carbonyl (C=O) groups is 2. The van der Waals surface area contributed by atoms with Crippen molar-refractivity contribution in [2.24, 2.45) is 0 Å². The molecule has 0 spiro atoms. The molecule has 1 aliphatic heterocycles. The van der Waals surface area contributed by atoms with Crippen LogP contribution < -0.4 is 10.2 Å². The zero-order valence-electron chi connectivity index (χ0n) is 13.8. The Morgan fingerprint density at radius 3 is 2.62 bits per heavy atom. The minimum absolute atomic E-state index is 0.354. The van der Waals surface area contributed by atoms with Crippen molar-refractivity contribution in [3.8, 4) is 0 Å². The average molecular weight is 400 g/mol. The normalized spacial score (nSPS) is 19.9. The molecule has 9 heteroatoms. The van der Waals surface area contributed by atoms with Gasteiger partial charge in [-0.1, -0.05) is 15.9 Å². The lowest BCUT2D eigenvalue weighted by Crippen LogP contribution is -2.57. The molecule has 0 radical (unpaired) electrons. The number of alkyl carbamates (subject to hydrolysis) is 1. The first-order valence-corrected chi connectivity index (χ1v) is 7.97. The molecule has 2 rings (SSSR count). The third-order valence-corrected chi connectivity index (χ3v) is 4.02. The Balaban J connectivity index is 2.52. The van der Waals surface area contributed by atoms with E-state index in [1.165, 1.54) is 11.9 Å². The number of nitrogens with one attached hydrogen (secondary N) is 1. The van der Waals surface area contributed by atoms with Crippen molar-refractivity contribution < 1.29 is 19.2 Å². The van der Waals surface area contributed by atoms with Crippen molar-refractivity contribution in [2.75, 3.05) is 18.5 Å². The third kappa shape index (κ3) is 3.35. The summed E-state index contributed by atoms with van der Waals surface area (Å²) in [5, 5.41) is 13.6. The van der Waals surface area contributed by atoms with E-state index in [1.54, 1.807) is 39.0 Å². The number of anilines is 1. The number of amides is 2. The minimum atomic E-state index is -1.81. The number of nitro groups is 1. The Morgan fingerprint density at radius 1 is 1.46 bits per heavy atom. The summed E-state index contributed by atoms with van der Waals surface area (Å²) in [6, 6.07) is 4.98. The second-order valence-electron chi connectivity index (χ2n) is 6.55. The lowest BCUT2D eigenvalue weighted by molar-refractivity contribution is -0.488. The number of nitrogens with zero attached hydrogens (tertiary/aromatic N) is 2. The lowest BCUT2D eigenvalue weighted by Gasteiger charge is -2.27. The molecule has 0 aliphatic carbocycles. The van der Waals surface area contributed by atoms with Gasteiger partial charge in [0.25, 0.3) is 5.91 Å². The number of fused-ring (bicyclic) bond motifs is 1. The second kappa shape index (κ2) is 6.04. The molecule has 1 atom stereocenters. The van der Waals surface area contributed by atoms with Crippen LogP contribution in [0.15, 0.2) is 22.7 Å². The van der Waals surface area contributed by atoms with Crippen LogP contribution in [-0.4, -0.2) is 36.1 Å². The summed E-state index contributed by atoms with van der Waals surface area (Å²) in [7, 11) is 1.51. The number of halogens is 1. The van der Waals surface area contributed by atoms with Crippen LogP contribution in [0.2, 0.25) is 0 Å². The Kier molecular flexibility index (Phi) is 4.58. The molecule has 8 nitrogen and oxygen atoms in total. The summed E-state index contributed by atoms with van der Waals surface area (Å²) in [5.41, 5.74) is -1.75. The van der Waals surface area contributed by atoms with Gasteiger partial charge >= 0.3 is 6.09 Å². The van der Waals surface area contributed by atoms with E-state index in [2.05, 4.69) is 21.2 Å². The standard InChI is InChI=1S/C15H18BrN3O5/c1-14(2,3)24-13(21)17-15(8-19(22)23)10-7-9(16)5-6-11(10)18(4)12(15)20/h5-7H,8H2,1-4H3,(H,17,21)/t15-/m1/s1. The Hall–Kier alpha value is -2.16. The fraction of sp³-hybridized carbons (Fsp3) is 0.467. The van der Waals surface area contributed by atoms with Crippen molar-refractivity contribution in [1.82, 2.24) is 5.32 Å². The van der Waals surface area contributed by atoms with Gasteiger partial charge in [0.1, 0.15) is 5.60 Å².